The maximum absolute atomic E-state index is 11.2. The number of carbonyl (C=O) groups is 1. The van der Waals surface area contributed by atoms with Crippen LogP contribution in [0, 0.1) is 0 Å². The monoisotopic (exact) mass is 327 g/mol. The van der Waals surface area contributed by atoms with E-state index in [0.29, 0.717) is 26.4 Å². The lowest BCUT2D eigenvalue weighted by atomic mass is 10.1. The van der Waals surface area contributed by atoms with Crippen LogP contribution in [0.15, 0.2) is 24.3 Å². The first-order valence-electron chi connectivity index (χ1n) is 7.50. The van der Waals surface area contributed by atoms with Crippen molar-refractivity contribution in [1.29, 1.82) is 0 Å². The summed E-state index contributed by atoms with van der Waals surface area (Å²) in [6, 6.07) is 8.12. The van der Waals surface area contributed by atoms with Crippen LogP contribution in [0.2, 0.25) is 5.02 Å². The first-order chi connectivity index (χ1) is 10.7. The fourth-order valence-corrected chi connectivity index (χ4v) is 2.41. The van der Waals surface area contributed by atoms with Gasteiger partial charge in [-0.15, -0.1) is 0 Å². The van der Waals surface area contributed by atoms with E-state index in [2.05, 4.69) is 5.32 Å². The lowest BCUT2D eigenvalue weighted by molar-refractivity contribution is -0.150. The molecule has 0 saturated carbocycles. The second kappa shape index (κ2) is 9.10. The standard InChI is InChI=1S/C16H22ClNO4/c1-2-21-16(19)11-20-10-15-8-18-14(9-22-15)7-12-3-5-13(17)6-4-12/h3-6,14-15,18H,2,7-11H2,1H3/t14-,15+/m0/s1. The van der Waals surface area contributed by atoms with Crippen molar-refractivity contribution >= 4 is 17.6 Å². The lowest BCUT2D eigenvalue weighted by Crippen LogP contribution is -2.49. The molecule has 1 aromatic carbocycles. The zero-order valence-electron chi connectivity index (χ0n) is 12.7. The van der Waals surface area contributed by atoms with Crippen molar-refractivity contribution in [1.82, 2.24) is 5.32 Å². The minimum atomic E-state index is -0.341. The molecule has 0 aliphatic carbocycles. The highest BCUT2D eigenvalue weighted by atomic mass is 35.5. The number of rotatable bonds is 7. The summed E-state index contributed by atoms with van der Waals surface area (Å²) in [5.41, 5.74) is 1.22. The minimum Gasteiger partial charge on any atom is -0.464 e. The molecule has 0 radical (unpaired) electrons. The molecule has 5 nitrogen and oxygen atoms in total. The highest BCUT2D eigenvalue weighted by molar-refractivity contribution is 6.30. The molecule has 1 aliphatic rings. The Kier molecular flexibility index (Phi) is 7.12. The second-order valence-corrected chi connectivity index (χ2v) is 5.65. The van der Waals surface area contributed by atoms with E-state index in [-0.39, 0.29) is 24.7 Å². The summed E-state index contributed by atoms with van der Waals surface area (Å²) in [7, 11) is 0. The van der Waals surface area contributed by atoms with E-state index in [1.807, 2.05) is 24.3 Å². The average molecular weight is 328 g/mol. The van der Waals surface area contributed by atoms with Gasteiger partial charge in [-0.05, 0) is 31.0 Å². The first-order valence-corrected chi connectivity index (χ1v) is 7.88. The fraction of sp³-hybridized carbons (Fsp3) is 0.562. The van der Waals surface area contributed by atoms with Gasteiger partial charge in [0.05, 0.1) is 25.9 Å². The molecule has 22 heavy (non-hydrogen) atoms. The lowest BCUT2D eigenvalue weighted by Gasteiger charge is -2.30. The molecular formula is C16H22ClNO4. The zero-order valence-corrected chi connectivity index (χ0v) is 13.5. The van der Waals surface area contributed by atoms with Crippen molar-refractivity contribution in [2.24, 2.45) is 0 Å². The number of benzene rings is 1. The molecule has 1 N–H and O–H groups in total. The Balaban J connectivity index is 1.63. The third-order valence-electron chi connectivity index (χ3n) is 3.39. The van der Waals surface area contributed by atoms with E-state index in [1.54, 1.807) is 6.92 Å². The summed E-state index contributed by atoms with van der Waals surface area (Å²) in [5.74, 6) is -0.341. The molecule has 0 spiro atoms. The second-order valence-electron chi connectivity index (χ2n) is 5.21. The quantitative estimate of drug-likeness (QED) is 0.774. The first kappa shape index (κ1) is 17.2. The van der Waals surface area contributed by atoms with Crippen LogP contribution >= 0.6 is 11.6 Å². The topological polar surface area (TPSA) is 56.8 Å². The molecular weight excluding hydrogens is 306 g/mol. The molecule has 1 aliphatic heterocycles. The van der Waals surface area contributed by atoms with Crippen LogP contribution in [-0.2, 0) is 25.4 Å². The predicted octanol–water partition coefficient (Wildman–Crippen LogP) is 1.82. The fourth-order valence-electron chi connectivity index (χ4n) is 2.29. The van der Waals surface area contributed by atoms with Crippen LogP contribution in [-0.4, -0.2) is 51.1 Å². The van der Waals surface area contributed by atoms with Gasteiger partial charge >= 0.3 is 5.97 Å². The Morgan fingerprint density at radius 2 is 2.18 bits per heavy atom. The van der Waals surface area contributed by atoms with E-state index in [1.165, 1.54) is 5.56 Å². The van der Waals surface area contributed by atoms with Gasteiger partial charge in [0.2, 0.25) is 0 Å². The Morgan fingerprint density at radius 3 is 2.82 bits per heavy atom. The van der Waals surface area contributed by atoms with Gasteiger partial charge in [0, 0.05) is 17.6 Å². The molecule has 1 saturated heterocycles. The van der Waals surface area contributed by atoms with E-state index in [0.717, 1.165) is 11.4 Å². The highest BCUT2D eigenvalue weighted by Crippen LogP contribution is 2.13. The van der Waals surface area contributed by atoms with E-state index >= 15 is 0 Å². The molecule has 122 valence electrons. The number of esters is 1. The van der Waals surface area contributed by atoms with Crippen LogP contribution < -0.4 is 5.32 Å². The van der Waals surface area contributed by atoms with Crippen molar-refractivity contribution in [3.05, 3.63) is 34.9 Å². The number of halogens is 1. The molecule has 1 fully saturated rings. The third-order valence-corrected chi connectivity index (χ3v) is 3.64. The van der Waals surface area contributed by atoms with Gasteiger partial charge in [-0.1, -0.05) is 23.7 Å². The molecule has 0 unspecified atom stereocenters. The van der Waals surface area contributed by atoms with Crippen LogP contribution in [0.5, 0.6) is 0 Å². The van der Waals surface area contributed by atoms with E-state index < -0.39 is 0 Å². The summed E-state index contributed by atoms with van der Waals surface area (Å²) in [6.45, 7) is 3.83. The summed E-state index contributed by atoms with van der Waals surface area (Å²) in [4.78, 5) is 11.2. The number of hydrogen-bond acceptors (Lipinski definition) is 5. The van der Waals surface area contributed by atoms with Crippen LogP contribution in [0.1, 0.15) is 12.5 Å². The van der Waals surface area contributed by atoms with Crippen molar-refractivity contribution in [3.8, 4) is 0 Å². The van der Waals surface area contributed by atoms with E-state index in [4.69, 9.17) is 25.8 Å². The summed E-state index contributed by atoms with van der Waals surface area (Å²) >= 11 is 5.88. The van der Waals surface area contributed by atoms with Crippen LogP contribution in [0.3, 0.4) is 0 Å². The van der Waals surface area contributed by atoms with Gasteiger partial charge in [-0.25, -0.2) is 4.79 Å². The van der Waals surface area contributed by atoms with E-state index in [9.17, 15) is 4.79 Å². The summed E-state index contributed by atoms with van der Waals surface area (Å²) in [6.07, 6.45) is 0.865. The van der Waals surface area contributed by atoms with Gasteiger partial charge in [-0.2, -0.15) is 0 Å². The molecule has 1 aromatic rings. The Bertz CT molecular complexity index is 458. The zero-order chi connectivity index (χ0) is 15.8. The number of nitrogens with one attached hydrogen (secondary N) is 1. The number of carbonyl (C=O) groups excluding carboxylic acids is 1. The molecule has 0 aromatic heterocycles. The number of hydrogen-bond donors (Lipinski definition) is 1. The molecule has 2 rings (SSSR count). The van der Waals surface area contributed by atoms with Crippen molar-refractivity contribution in [2.75, 3.05) is 33.0 Å². The maximum atomic E-state index is 11.2. The highest BCUT2D eigenvalue weighted by Gasteiger charge is 2.21. The average Bonchev–Trinajstić information content (AvgIpc) is 2.52. The van der Waals surface area contributed by atoms with Gasteiger partial charge in [-0.3, -0.25) is 0 Å². The Labute approximate surface area is 135 Å². The molecule has 0 bridgehead atoms. The van der Waals surface area contributed by atoms with Gasteiger partial charge in [0.15, 0.2) is 0 Å². The molecule has 0 amide bonds. The van der Waals surface area contributed by atoms with Crippen molar-refractivity contribution < 1.29 is 19.0 Å². The van der Waals surface area contributed by atoms with Crippen LogP contribution in [0.25, 0.3) is 0 Å². The Morgan fingerprint density at radius 1 is 1.41 bits per heavy atom. The normalized spacial score (nSPS) is 21.5. The van der Waals surface area contributed by atoms with Crippen LogP contribution in [0.4, 0.5) is 0 Å². The largest absolute Gasteiger partial charge is 0.464 e. The number of morpholine rings is 1. The molecule has 1 heterocycles. The van der Waals surface area contributed by atoms with Crippen molar-refractivity contribution in [2.45, 2.75) is 25.5 Å². The predicted molar refractivity (Wildman–Crippen MR) is 84.1 cm³/mol. The van der Waals surface area contributed by atoms with Gasteiger partial charge < -0.3 is 19.5 Å². The third kappa shape index (κ3) is 5.93. The minimum absolute atomic E-state index is 0.0259. The van der Waals surface area contributed by atoms with Gasteiger partial charge in [0.1, 0.15) is 6.61 Å². The van der Waals surface area contributed by atoms with Crippen molar-refractivity contribution in [3.63, 3.8) is 0 Å². The summed E-state index contributed by atoms with van der Waals surface area (Å²) < 4.78 is 15.9. The van der Waals surface area contributed by atoms with Gasteiger partial charge in [0.25, 0.3) is 0 Å². The smallest absolute Gasteiger partial charge is 0.332 e. The summed E-state index contributed by atoms with van der Waals surface area (Å²) in [5, 5.41) is 4.19. The SMILES string of the molecule is CCOC(=O)COC[C@H]1CN[C@@H](Cc2ccc(Cl)cc2)CO1. The Hall–Kier alpha value is -1.14. The maximum Gasteiger partial charge on any atom is 0.332 e. The number of ether oxygens (including phenoxy) is 3. The molecule has 6 heteroatoms. The molecule has 2 atom stereocenters.